The zero-order valence-electron chi connectivity index (χ0n) is 11.6. The quantitative estimate of drug-likeness (QED) is 0.816. The number of nitrogens with one attached hydrogen (secondary N) is 1. The van der Waals surface area contributed by atoms with E-state index in [-0.39, 0.29) is 0 Å². The average Bonchev–Trinajstić information content (AvgIpc) is 2.77. The summed E-state index contributed by atoms with van der Waals surface area (Å²) < 4.78 is 3.04. The molecule has 1 saturated carbocycles. The number of imidazole rings is 1. The van der Waals surface area contributed by atoms with Crippen LogP contribution in [-0.2, 0) is 0 Å². The number of nitrogens with zero attached hydrogens (tertiary/aromatic N) is 2. The first-order chi connectivity index (χ1) is 9.18. The van der Waals surface area contributed by atoms with E-state index in [1.54, 1.807) is 0 Å². The van der Waals surface area contributed by atoms with Gasteiger partial charge in [-0.1, -0.05) is 19.3 Å². The van der Waals surface area contributed by atoms with Gasteiger partial charge >= 0.3 is 0 Å². The van der Waals surface area contributed by atoms with Crippen LogP contribution in [0.15, 0.2) is 12.3 Å². The van der Waals surface area contributed by atoms with Crippen LogP contribution >= 0.6 is 12.2 Å². The monoisotopic (exact) mass is 275 g/mol. The van der Waals surface area contributed by atoms with Crippen molar-refractivity contribution in [2.75, 3.05) is 0 Å². The summed E-state index contributed by atoms with van der Waals surface area (Å²) in [6.07, 6.45) is 8.63. The van der Waals surface area contributed by atoms with E-state index in [4.69, 9.17) is 12.2 Å². The molecule has 2 heterocycles. The molecule has 0 aromatic carbocycles. The molecule has 4 heteroatoms. The number of H-pyrrole nitrogens is 1. The Balaban J connectivity index is 2.06. The normalized spacial score (nSPS) is 18.8. The van der Waals surface area contributed by atoms with Crippen LogP contribution in [-0.4, -0.2) is 14.5 Å². The van der Waals surface area contributed by atoms with Crippen LogP contribution in [0.4, 0.5) is 0 Å². The molecule has 1 aliphatic carbocycles. The number of pyridine rings is 1. The van der Waals surface area contributed by atoms with Crippen molar-refractivity contribution in [3.8, 4) is 0 Å². The fraction of sp³-hybridized carbons (Fsp3) is 0.600. The van der Waals surface area contributed by atoms with Gasteiger partial charge in [0.2, 0.25) is 0 Å². The van der Waals surface area contributed by atoms with Crippen LogP contribution in [0.25, 0.3) is 11.2 Å². The third-order valence-electron chi connectivity index (χ3n) is 4.56. The molecule has 0 spiro atoms. The molecule has 1 aliphatic rings. The summed E-state index contributed by atoms with van der Waals surface area (Å²) in [5.41, 5.74) is 3.32. The van der Waals surface area contributed by atoms with Crippen molar-refractivity contribution in [2.45, 2.75) is 52.0 Å². The summed E-state index contributed by atoms with van der Waals surface area (Å²) in [6, 6.07) is 2.47. The molecular formula is C15H21N3S. The molecule has 2 aromatic heterocycles. The van der Waals surface area contributed by atoms with E-state index >= 15 is 0 Å². The summed E-state index contributed by atoms with van der Waals surface area (Å²) in [4.78, 5) is 7.87. The topological polar surface area (TPSA) is 33.6 Å². The second-order valence-electron chi connectivity index (χ2n) is 5.77. The molecule has 1 unspecified atom stereocenters. The lowest BCUT2D eigenvalue weighted by molar-refractivity contribution is 0.265. The lowest BCUT2D eigenvalue weighted by atomic mass is 9.84. The highest BCUT2D eigenvalue weighted by Gasteiger charge is 2.23. The molecule has 1 atom stereocenters. The number of rotatable bonds is 2. The lowest BCUT2D eigenvalue weighted by Gasteiger charge is -2.28. The third-order valence-corrected chi connectivity index (χ3v) is 4.86. The van der Waals surface area contributed by atoms with Gasteiger partial charge in [-0.05, 0) is 56.5 Å². The van der Waals surface area contributed by atoms with Crippen LogP contribution in [0, 0.1) is 17.6 Å². The summed E-state index contributed by atoms with van der Waals surface area (Å²) in [5.74, 6) is 0.738. The van der Waals surface area contributed by atoms with Gasteiger partial charge in [-0.3, -0.25) is 4.57 Å². The van der Waals surface area contributed by atoms with Gasteiger partial charge in [0.25, 0.3) is 0 Å². The standard InChI is InChI=1S/C15H21N3S/c1-10-8-9-16-14-13(10)17-15(19)18(14)11(2)12-6-4-3-5-7-12/h8-9,11-12H,3-7H2,1-2H3,(H,17,19). The van der Waals surface area contributed by atoms with Crippen molar-refractivity contribution in [2.24, 2.45) is 5.92 Å². The maximum absolute atomic E-state index is 5.53. The van der Waals surface area contributed by atoms with Crippen LogP contribution in [0.2, 0.25) is 0 Å². The van der Waals surface area contributed by atoms with Gasteiger partial charge in [-0.15, -0.1) is 0 Å². The highest BCUT2D eigenvalue weighted by Crippen LogP contribution is 2.34. The van der Waals surface area contributed by atoms with Gasteiger partial charge in [-0.25, -0.2) is 4.98 Å². The van der Waals surface area contributed by atoms with Gasteiger partial charge in [0.15, 0.2) is 10.4 Å². The van der Waals surface area contributed by atoms with E-state index in [1.807, 2.05) is 12.3 Å². The Bertz CT molecular complexity index is 634. The van der Waals surface area contributed by atoms with Crippen molar-refractivity contribution in [1.82, 2.24) is 14.5 Å². The van der Waals surface area contributed by atoms with Crippen LogP contribution in [0.1, 0.15) is 50.6 Å². The van der Waals surface area contributed by atoms with Crippen molar-refractivity contribution in [3.05, 3.63) is 22.6 Å². The van der Waals surface area contributed by atoms with E-state index in [9.17, 15) is 0 Å². The molecule has 102 valence electrons. The van der Waals surface area contributed by atoms with Crippen LogP contribution in [0.3, 0.4) is 0 Å². The van der Waals surface area contributed by atoms with E-state index < -0.39 is 0 Å². The van der Waals surface area contributed by atoms with E-state index in [0.29, 0.717) is 6.04 Å². The smallest absolute Gasteiger partial charge is 0.179 e. The predicted octanol–water partition coefficient (Wildman–Crippen LogP) is 4.54. The Hall–Kier alpha value is -1.16. The van der Waals surface area contributed by atoms with Crippen LogP contribution < -0.4 is 0 Å². The minimum Gasteiger partial charge on any atom is -0.329 e. The largest absolute Gasteiger partial charge is 0.329 e. The summed E-state index contributed by atoms with van der Waals surface area (Å²) >= 11 is 5.53. The van der Waals surface area contributed by atoms with E-state index in [1.165, 1.54) is 37.7 Å². The Morgan fingerprint density at radius 1 is 1.37 bits per heavy atom. The molecule has 0 bridgehead atoms. The Morgan fingerprint density at radius 2 is 2.11 bits per heavy atom. The minimum atomic E-state index is 0.441. The molecule has 3 nitrogen and oxygen atoms in total. The SMILES string of the molecule is Cc1ccnc2c1[nH]c(=S)n2C(C)C1CCCCC1. The van der Waals surface area contributed by atoms with Gasteiger partial charge in [0.05, 0.1) is 5.52 Å². The third kappa shape index (κ3) is 2.22. The molecule has 0 saturated heterocycles. The zero-order valence-corrected chi connectivity index (χ0v) is 12.5. The van der Waals surface area contributed by atoms with Crippen molar-refractivity contribution in [3.63, 3.8) is 0 Å². The first-order valence-electron chi connectivity index (χ1n) is 7.24. The summed E-state index contributed by atoms with van der Waals surface area (Å²) in [6.45, 7) is 4.40. The first-order valence-corrected chi connectivity index (χ1v) is 7.65. The summed E-state index contributed by atoms with van der Waals surface area (Å²) in [5, 5.41) is 0. The van der Waals surface area contributed by atoms with Crippen molar-refractivity contribution < 1.29 is 0 Å². The highest BCUT2D eigenvalue weighted by atomic mass is 32.1. The Kier molecular flexibility index (Phi) is 3.44. The van der Waals surface area contributed by atoms with Crippen molar-refractivity contribution in [1.29, 1.82) is 0 Å². The fourth-order valence-corrected chi connectivity index (χ4v) is 3.70. The van der Waals surface area contributed by atoms with Crippen LogP contribution in [0.5, 0.6) is 0 Å². The van der Waals surface area contributed by atoms with E-state index in [2.05, 4.69) is 28.4 Å². The predicted molar refractivity (Wildman–Crippen MR) is 80.9 cm³/mol. The Labute approximate surface area is 119 Å². The van der Waals surface area contributed by atoms with Gasteiger partial charge in [-0.2, -0.15) is 0 Å². The maximum Gasteiger partial charge on any atom is 0.179 e. The molecule has 1 N–H and O–H groups in total. The molecule has 3 rings (SSSR count). The van der Waals surface area contributed by atoms with Crippen molar-refractivity contribution >= 4 is 23.4 Å². The highest BCUT2D eigenvalue weighted by molar-refractivity contribution is 7.71. The number of hydrogen-bond donors (Lipinski definition) is 1. The number of aryl methyl sites for hydroxylation is 1. The number of aromatic nitrogens is 3. The summed E-state index contributed by atoms with van der Waals surface area (Å²) in [7, 11) is 0. The molecule has 1 fully saturated rings. The number of fused-ring (bicyclic) bond motifs is 1. The first kappa shape index (κ1) is 12.9. The minimum absolute atomic E-state index is 0.441. The van der Waals surface area contributed by atoms with Gasteiger partial charge in [0.1, 0.15) is 0 Å². The van der Waals surface area contributed by atoms with Gasteiger partial charge in [0, 0.05) is 12.2 Å². The molecule has 0 amide bonds. The second kappa shape index (κ2) is 5.08. The van der Waals surface area contributed by atoms with E-state index in [0.717, 1.165) is 21.9 Å². The van der Waals surface area contributed by atoms with Gasteiger partial charge < -0.3 is 4.98 Å². The molecule has 0 aliphatic heterocycles. The lowest BCUT2D eigenvalue weighted by Crippen LogP contribution is -2.19. The molecule has 19 heavy (non-hydrogen) atoms. The molecule has 0 radical (unpaired) electrons. The Morgan fingerprint density at radius 3 is 2.84 bits per heavy atom. The average molecular weight is 275 g/mol. The molecule has 2 aromatic rings. The number of hydrogen-bond acceptors (Lipinski definition) is 2. The maximum atomic E-state index is 5.53. The second-order valence-corrected chi connectivity index (χ2v) is 6.15. The fourth-order valence-electron chi connectivity index (χ4n) is 3.35. The number of aromatic amines is 1. The zero-order chi connectivity index (χ0) is 13.4. The molecular weight excluding hydrogens is 254 g/mol.